The monoisotopic (exact) mass is 556 g/mol. The molecule has 0 saturated heterocycles. The smallest absolute Gasteiger partial charge is 0.409 e. The molecule has 0 aliphatic carbocycles. The molecule has 4 rings (SSSR count). The Morgan fingerprint density at radius 1 is 1.05 bits per heavy atom. The minimum Gasteiger partial charge on any atom is -0.493 e. The third kappa shape index (κ3) is 6.06. The van der Waals surface area contributed by atoms with Crippen LogP contribution in [0.15, 0.2) is 34.9 Å². The number of nitrogens with zero attached hydrogens (tertiary/aromatic N) is 3. The van der Waals surface area contributed by atoms with E-state index >= 15 is 0 Å². The zero-order valence-corrected chi connectivity index (χ0v) is 22.9. The highest BCUT2D eigenvalue weighted by atomic mass is 32.1. The van der Waals surface area contributed by atoms with Gasteiger partial charge >= 0.3 is 6.09 Å². The fraction of sp³-hybridized carbons (Fsp3) is 0.280. The summed E-state index contributed by atoms with van der Waals surface area (Å²) in [4.78, 5) is 20.8. The highest BCUT2D eigenvalue weighted by Gasteiger charge is 2.24. The number of carbonyl (C=O) groups is 1. The molecule has 1 amide bonds. The van der Waals surface area contributed by atoms with E-state index in [1.165, 1.54) is 32.7 Å². The first-order chi connectivity index (χ1) is 18.5. The predicted molar refractivity (Wildman–Crippen MR) is 147 cm³/mol. The molecule has 5 N–H and O–H groups in total. The van der Waals surface area contributed by atoms with Crippen LogP contribution >= 0.6 is 11.3 Å². The molecular weight excluding hydrogens is 528 g/mol. The number of aromatic nitrogens is 3. The van der Waals surface area contributed by atoms with Crippen LogP contribution in [0.25, 0.3) is 22.2 Å². The van der Waals surface area contributed by atoms with E-state index < -0.39 is 11.7 Å². The van der Waals surface area contributed by atoms with Crippen LogP contribution in [0, 0.1) is 0 Å². The second-order valence-electron chi connectivity index (χ2n) is 9.02. The highest BCUT2D eigenvalue weighted by molar-refractivity contribution is 7.19. The largest absolute Gasteiger partial charge is 0.493 e. The summed E-state index contributed by atoms with van der Waals surface area (Å²) < 4.78 is 27.6. The maximum atomic E-state index is 11.5. The SMILES string of the molecule is COc1cc(Nc2nc(N)c(-c3nc(-c4cccc(OC(C)(C)C)c4NC(=O)O)no3)s2)cc(OC)c1OC. The van der Waals surface area contributed by atoms with Crippen LogP contribution in [-0.2, 0) is 0 Å². The van der Waals surface area contributed by atoms with Gasteiger partial charge in [-0.3, -0.25) is 5.32 Å². The molecular formula is C25H28N6O7S. The maximum absolute atomic E-state index is 11.5. The summed E-state index contributed by atoms with van der Waals surface area (Å²) in [5.41, 5.74) is 6.78. The molecule has 2 aromatic carbocycles. The number of hydrogen-bond donors (Lipinski definition) is 4. The Morgan fingerprint density at radius 3 is 2.33 bits per heavy atom. The average Bonchev–Trinajstić information content (AvgIpc) is 3.49. The Kier molecular flexibility index (Phi) is 7.67. The molecule has 206 valence electrons. The number of ether oxygens (including phenoxy) is 4. The Morgan fingerprint density at radius 2 is 1.74 bits per heavy atom. The number of methoxy groups -OCH3 is 3. The summed E-state index contributed by atoms with van der Waals surface area (Å²) >= 11 is 1.19. The van der Waals surface area contributed by atoms with Gasteiger partial charge in [-0.15, -0.1) is 0 Å². The van der Waals surface area contributed by atoms with Crippen LogP contribution in [-0.4, -0.2) is 53.3 Å². The van der Waals surface area contributed by atoms with Gasteiger partial charge in [0.2, 0.25) is 11.6 Å². The van der Waals surface area contributed by atoms with E-state index in [-0.39, 0.29) is 23.2 Å². The average molecular weight is 557 g/mol. The molecule has 4 aromatic rings. The number of nitrogen functional groups attached to an aromatic ring is 1. The van der Waals surface area contributed by atoms with Gasteiger partial charge in [0, 0.05) is 17.8 Å². The zero-order valence-electron chi connectivity index (χ0n) is 22.1. The molecule has 0 bridgehead atoms. The number of thiazole rings is 1. The fourth-order valence-electron chi connectivity index (χ4n) is 3.61. The molecule has 0 spiro atoms. The third-order valence-corrected chi connectivity index (χ3v) is 6.08. The van der Waals surface area contributed by atoms with Crippen molar-refractivity contribution in [1.29, 1.82) is 0 Å². The van der Waals surface area contributed by atoms with Gasteiger partial charge < -0.3 is 39.6 Å². The molecule has 2 heterocycles. The van der Waals surface area contributed by atoms with E-state index in [1.54, 1.807) is 30.3 Å². The van der Waals surface area contributed by atoms with Crippen LogP contribution in [0.3, 0.4) is 0 Å². The van der Waals surface area contributed by atoms with Crippen LogP contribution < -0.4 is 35.3 Å². The van der Waals surface area contributed by atoms with Gasteiger partial charge in [-0.05, 0) is 32.9 Å². The standard InChI is InChI=1S/C25H28N6O7S/c1-25(2,3)37-14-9-7-8-13(17(14)28-24(32)33)21-30-22(38-31-21)19-20(26)29-23(39-19)27-12-10-15(34-4)18(36-6)16(11-12)35-5/h7-11,28H,26H2,1-6H3,(H,27,29)(H,32,33). The van der Waals surface area contributed by atoms with Gasteiger partial charge in [0.15, 0.2) is 16.6 Å². The first-order valence-electron chi connectivity index (χ1n) is 11.5. The van der Waals surface area contributed by atoms with E-state index in [4.69, 9.17) is 29.2 Å². The zero-order chi connectivity index (χ0) is 28.3. The van der Waals surface area contributed by atoms with Crippen molar-refractivity contribution >= 4 is 39.8 Å². The van der Waals surface area contributed by atoms with E-state index in [1.807, 2.05) is 20.8 Å². The lowest BCUT2D eigenvalue weighted by Crippen LogP contribution is -2.24. The van der Waals surface area contributed by atoms with Gasteiger partial charge in [0.1, 0.15) is 22.0 Å². The third-order valence-electron chi connectivity index (χ3n) is 5.10. The number of rotatable bonds is 9. The van der Waals surface area contributed by atoms with Gasteiger partial charge in [-0.2, -0.15) is 4.98 Å². The van der Waals surface area contributed by atoms with Crippen molar-refractivity contribution in [3.63, 3.8) is 0 Å². The first kappa shape index (κ1) is 27.3. The fourth-order valence-corrected chi connectivity index (χ4v) is 4.44. The molecule has 0 unspecified atom stereocenters. The first-order valence-corrected chi connectivity index (χ1v) is 12.3. The lowest BCUT2D eigenvalue weighted by Gasteiger charge is -2.23. The van der Waals surface area contributed by atoms with Crippen molar-refractivity contribution < 1.29 is 33.4 Å². The molecule has 0 atom stereocenters. The Labute approximate surface area is 227 Å². The molecule has 14 heteroatoms. The van der Waals surface area contributed by atoms with E-state index in [0.717, 1.165) is 0 Å². The number of amides is 1. The minimum atomic E-state index is -1.26. The molecule has 0 aliphatic heterocycles. The lowest BCUT2D eigenvalue weighted by molar-refractivity contribution is 0.131. The topological polar surface area (TPSA) is 176 Å². The number of carboxylic acid groups (broad SMARTS) is 1. The van der Waals surface area contributed by atoms with E-state index in [9.17, 15) is 9.90 Å². The number of para-hydroxylation sites is 1. The molecule has 39 heavy (non-hydrogen) atoms. The van der Waals surface area contributed by atoms with Crippen LogP contribution in [0.1, 0.15) is 20.8 Å². The predicted octanol–water partition coefficient (Wildman–Crippen LogP) is 5.48. The van der Waals surface area contributed by atoms with Crippen molar-refractivity contribution in [2.24, 2.45) is 0 Å². The van der Waals surface area contributed by atoms with Crippen molar-refractivity contribution in [3.05, 3.63) is 30.3 Å². The van der Waals surface area contributed by atoms with E-state index in [2.05, 4.69) is 25.8 Å². The maximum Gasteiger partial charge on any atom is 0.409 e. The summed E-state index contributed by atoms with van der Waals surface area (Å²) in [6.45, 7) is 5.56. The summed E-state index contributed by atoms with van der Waals surface area (Å²) in [6, 6.07) is 8.48. The van der Waals surface area contributed by atoms with Crippen LogP contribution in [0.2, 0.25) is 0 Å². The Bertz CT molecular complexity index is 1470. The van der Waals surface area contributed by atoms with Crippen molar-refractivity contribution in [2.75, 3.05) is 37.7 Å². The molecule has 2 aromatic heterocycles. The van der Waals surface area contributed by atoms with Gasteiger partial charge in [0.05, 0.1) is 32.6 Å². The normalized spacial score (nSPS) is 11.1. The van der Waals surface area contributed by atoms with Crippen LogP contribution in [0.4, 0.5) is 27.1 Å². The van der Waals surface area contributed by atoms with Gasteiger partial charge in [-0.1, -0.05) is 22.6 Å². The number of benzene rings is 2. The number of anilines is 4. The van der Waals surface area contributed by atoms with Gasteiger partial charge in [-0.25, -0.2) is 9.78 Å². The Balaban J connectivity index is 1.66. The summed E-state index contributed by atoms with van der Waals surface area (Å²) in [6.07, 6.45) is -1.26. The van der Waals surface area contributed by atoms with Crippen molar-refractivity contribution in [1.82, 2.24) is 15.1 Å². The summed E-state index contributed by atoms with van der Waals surface area (Å²) in [5.74, 6) is 2.13. The molecule has 0 saturated carbocycles. The quantitative estimate of drug-likeness (QED) is 0.204. The molecule has 0 aliphatic rings. The second-order valence-corrected chi connectivity index (χ2v) is 10.0. The number of hydrogen-bond acceptors (Lipinski definition) is 12. The number of nitrogens with one attached hydrogen (secondary N) is 2. The summed E-state index contributed by atoms with van der Waals surface area (Å²) in [5, 5.41) is 19.5. The van der Waals surface area contributed by atoms with Crippen molar-refractivity contribution in [2.45, 2.75) is 26.4 Å². The molecule has 13 nitrogen and oxygen atoms in total. The van der Waals surface area contributed by atoms with Gasteiger partial charge in [0.25, 0.3) is 5.89 Å². The van der Waals surface area contributed by atoms with Crippen molar-refractivity contribution in [3.8, 4) is 45.2 Å². The van der Waals surface area contributed by atoms with E-state index in [0.29, 0.717) is 44.3 Å². The number of nitrogens with two attached hydrogens (primary N) is 1. The summed E-state index contributed by atoms with van der Waals surface area (Å²) in [7, 11) is 4.57. The molecule has 0 radical (unpaired) electrons. The highest BCUT2D eigenvalue weighted by Crippen LogP contribution is 2.43. The van der Waals surface area contributed by atoms with Crippen LogP contribution in [0.5, 0.6) is 23.0 Å². The molecule has 0 fully saturated rings. The Hall–Kier alpha value is -4.72. The second kappa shape index (κ2) is 10.9. The lowest BCUT2D eigenvalue weighted by atomic mass is 10.1. The minimum absolute atomic E-state index is 0.112.